The van der Waals surface area contributed by atoms with E-state index >= 15 is 0 Å². The Labute approximate surface area is 120 Å². The number of rotatable bonds is 3. The maximum atomic E-state index is 11.4. The highest BCUT2D eigenvalue weighted by Crippen LogP contribution is 2.24. The summed E-state index contributed by atoms with van der Waals surface area (Å²) in [6.07, 6.45) is 8.51. The number of sulfonamides is 1. The van der Waals surface area contributed by atoms with Crippen LogP contribution in [0.25, 0.3) is 0 Å². The molecule has 0 radical (unpaired) electrons. The number of anilines is 2. The molecule has 0 spiro atoms. The van der Waals surface area contributed by atoms with Crippen molar-refractivity contribution in [2.45, 2.75) is 55.9 Å². The van der Waals surface area contributed by atoms with E-state index in [0.29, 0.717) is 11.7 Å². The second kappa shape index (κ2) is 6.45. The van der Waals surface area contributed by atoms with Gasteiger partial charge in [-0.15, -0.1) is 0 Å². The summed E-state index contributed by atoms with van der Waals surface area (Å²) in [6, 6.07) is 5.08. The lowest BCUT2D eigenvalue weighted by molar-refractivity contribution is 0.471. The van der Waals surface area contributed by atoms with Gasteiger partial charge in [0.1, 0.15) is 0 Å². The Bertz CT molecular complexity index is 550. The van der Waals surface area contributed by atoms with Crippen LogP contribution in [0.15, 0.2) is 23.1 Å². The molecule has 5 N–H and O–H groups in total. The van der Waals surface area contributed by atoms with Gasteiger partial charge in [0.2, 0.25) is 10.0 Å². The summed E-state index contributed by atoms with van der Waals surface area (Å²) < 4.78 is 22.8. The predicted molar refractivity (Wildman–Crippen MR) is 82.0 cm³/mol. The van der Waals surface area contributed by atoms with Gasteiger partial charge in [0, 0.05) is 17.4 Å². The summed E-state index contributed by atoms with van der Waals surface area (Å²) >= 11 is 0. The number of hydrogen-bond acceptors (Lipinski definition) is 4. The average molecular weight is 297 g/mol. The zero-order chi connectivity index (χ0) is 14.6. The van der Waals surface area contributed by atoms with Crippen molar-refractivity contribution in [3.8, 4) is 0 Å². The van der Waals surface area contributed by atoms with Gasteiger partial charge in [-0.1, -0.05) is 32.1 Å². The van der Waals surface area contributed by atoms with Crippen molar-refractivity contribution in [2.75, 3.05) is 11.1 Å². The van der Waals surface area contributed by atoms with Crippen LogP contribution in [0, 0.1) is 0 Å². The smallest absolute Gasteiger partial charge is 0.238 e. The molecule has 20 heavy (non-hydrogen) atoms. The number of hydrogen-bond donors (Lipinski definition) is 3. The van der Waals surface area contributed by atoms with E-state index in [0.717, 1.165) is 18.5 Å². The summed E-state index contributed by atoms with van der Waals surface area (Å²) in [7, 11) is -3.72. The SMILES string of the molecule is Nc1cc(NC2CCCCCCC2)cc(S(N)(=O)=O)c1. The molecule has 0 aliphatic heterocycles. The van der Waals surface area contributed by atoms with Crippen LogP contribution >= 0.6 is 0 Å². The minimum atomic E-state index is -3.72. The van der Waals surface area contributed by atoms with Crippen LogP contribution in [0.3, 0.4) is 0 Å². The fourth-order valence-electron chi connectivity index (χ4n) is 2.71. The highest BCUT2D eigenvalue weighted by Gasteiger charge is 2.14. The van der Waals surface area contributed by atoms with Gasteiger partial charge in [-0.3, -0.25) is 0 Å². The molecule has 0 atom stereocenters. The largest absolute Gasteiger partial charge is 0.399 e. The molecule has 0 heterocycles. The normalized spacial score (nSPS) is 18.2. The van der Waals surface area contributed by atoms with E-state index < -0.39 is 10.0 Å². The van der Waals surface area contributed by atoms with Crippen LogP contribution in [-0.4, -0.2) is 14.5 Å². The molecular weight excluding hydrogens is 274 g/mol. The molecular formula is C14H23N3O2S. The first-order chi connectivity index (χ1) is 9.45. The van der Waals surface area contributed by atoms with Gasteiger partial charge >= 0.3 is 0 Å². The second-order valence-corrected chi connectivity index (χ2v) is 7.08. The maximum Gasteiger partial charge on any atom is 0.238 e. The summed E-state index contributed by atoms with van der Waals surface area (Å²) in [5, 5.41) is 8.56. The maximum absolute atomic E-state index is 11.4. The van der Waals surface area contributed by atoms with E-state index in [1.54, 1.807) is 12.1 Å². The Hall–Kier alpha value is -1.27. The van der Waals surface area contributed by atoms with Crippen molar-refractivity contribution in [2.24, 2.45) is 5.14 Å². The van der Waals surface area contributed by atoms with Gasteiger partial charge in [0.15, 0.2) is 0 Å². The third-order valence-corrected chi connectivity index (χ3v) is 4.63. The minimum absolute atomic E-state index is 0.0610. The van der Waals surface area contributed by atoms with Crippen molar-refractivity contribution in [1.29, 1.82) is 0 Å². The molecule has 0 aromatic heterocycles. The number of nitrogens with two attached hydrogens (primary N) is 2. The summed E-state index contributed by atoms with van der Waals surface area (Å²) in [6.45, 7) is 0. The van der Waals surface area contributed by atoms with Crippen molar-refractivity contribution in [3.05, 3.63) is 18.2 Å². The topological polar surface area (TPSA) is 98.2 Å². The lowest BCUT2D eigenvalue weighted by atomic mass is 9.96. The van der Waals surface area contributed by atoms with Gasteiger partial charge in [-0.25, -0.2) is 13.6 Å². The fourth-order valence-corrected chi connectivity index (χ4v) is 3.30. The summed E-state index contributed by atoms with van der Waals surface area (Å²) in [5.41, 5.74) is 6.90. The first-order valence-corrected chi connectivity index (χ1v) is 8.70. The molecule has 2 rings (SSSR count). The van der Waals surface area contributed by atoms with Crippen LogP contribution in [0.1, 0.15) is 44.9 Å². The number of primary sulfonamides is 1. The molecule has 6 heteroatoms. The lowest BCUT2D eigenvalue weighted by Crippen LogP contribution is -2.21. The van der Waals surface area contributed by atoms with E-state index in [-0.39, 0.29) is 4.90 Å². The zero-order valence-corrected chi connectivity index (χ0v) is 12.5. The van der Waals surface area contributed by atoms with Gasteiger partial charge in [-0.2, -0.15) is 0 Å². The summed E-state index contributed by atoms with van der Waals surface area (Å²) in [5.74, 6) is 0. The molecule has 0 saturated heterocycles. The van der Waals surface area contributed by atoms with Crippen LogP contribution in [-0.2, 0) is 10.0 Å². The molecule has 1 aliphatic carbocycles. The number of benzene rings is 1. The third-order valence-electron chi connectivity index (χ3n) is 3.73. The lowest BCUT2D eigenvalue weighted by Gasteiger charge is -2.22. The fraction of sp³-hybridized carbons (Fsp3) is 0.571. The third kappa shape index (κ3) is 4.38. The van der Waals surface area contributed by atoms with E-state index in [1.807, 2.05) is 0 Å². The Morgan fingerprint density at radius 1 is 1.00 bits per heavy atom. The molecule has 1 aromatic rings. The number of nitrogen functional groups attached to an aromatic ring is 1. The monoisotopic (exact) mass is 297 g/mol. The number of nitrogens with one attached hydrogen (secondary N) is 1. The Morgan fingerprint density at radius 3 is 2.20 bits per heavy atom. The molecule has 1 fully saturated rings. The van der Waals surface area contributed by atoms with Crippen molar-refractivity contribution in [1.82, 2.24) is 0 Å². The Morgan fingerprint density at radius 2 is 1.60 bits per heavy atom. The highest BCUT2D eigenvalue weighted by molar-refractivity contribution is 7.89. The van der Waals surface area contributed by atoms with Crippen LogP contribution < -0.4 is 16.2 Å². The van der Waals surface area contributed by atoms with Crippen LogP contribution in [0.4, 0.5) is 11.4 Å². The van der Waals surface area contributed by atoms with E-state index in [2.05, 4.69) is 5.32 Å². The standard InChI is InChI=1S/C14H23N3O2S/c15-11-8-13(10-14(9-11)20(16,18)19)17-12-6-4-2-1-3-5-7-12/h8-10,12,17H,1-7,15H2,(H2,16,18,19). The molecule has 0 amide bonds. The van der Waals surface area contributed by atoms with Crippen LogP contribution in [0.5, 0.6) is 0 Å². The van der Waals surface area contributed by atoms with Crippen molar-refractivity contribution in [3.63, 3.8) is 0 Å². The second-order valence-electron chi connectivity index (χ2n) is 5.52. The molecule has 1 aliphatic rings. The summed E-state index contributed by atoms with van der Waals surface area (Å²) in [4.78, 5) is 0.0610. The zero-order valence-electron chi connectivity index (χ0n) is 11.6. The first kappa shape index (κ1) is 15.1. The van der Waals surface area contributed by atoms with Gasteiger partial charge in [0.05, 0.1) is 4.90 Å². The van der Waals surface area contributed by atoms with Gasteiger partial charge < -0.3 is 11.1 Å². The molecule has 1 aromatic carbocycles. The molecule has 0 bridgehead atoms. The van der Waals surface area contributed by atoms with Crippen LogP contribution in [0.2, 0.25) is 0 Å². The Balaban J connectivity index is 2.13. The molecule has 5 nitrogen and oxygen atoms in total. The Kier molecular flexibility index (Phi) is 4.88. The average Bonchev–Trinajstić information content (AvgIpc) is 2.30. The van der Waals surface area contributed by atoms with Gasteiger partial charge in [-0.05, 0) is 31.0 Å². The molecule has 1 saturated carbocycles. The van der Waals surface area contributed by atoms with Gasteiger partial charge in [0.25, 0.3) is 0 Å². The van der Waals surface area contributed by atoms with Crippen molar-refractivity contribution < 1.29 is 8.42 Å². The quantitative estimate of drug-likeness (QED) is 0.746. The van der Waals surface area contributed by atoms with Crippen molar-refractivity contribution >= 4 is 21.4 Å². The first-order valence-electron chi connectivity index (χ1n) is 7.15. The minimum Gasteiger partial charge on any atom is -0.399 e. The highest BCUT2D eigenvalue weighted by atomic mass is 32.2. The molecule has 112 valence electrons. The molecule has 0 unspecified atom stereocenters. The van der Waals surface area contributed by atoms with E-state index in [9.17, 15) is 8.42 Å². The van der Waals surface area contributed by atoms with E-state index in [4.69, 9.17) is 10.9 Å². The van der Waals surface area contributed by atoms with E-state index in [1.165, 1.54) is 38.2 Å². The predicted octanol–water partition coefficient (Wildman–Crippen LogP) is 2.44.